The van der Waals surface area contributed by atoms with Crippen LogP contribution in [0.4, 0.5) is 0 Å². The minimum atomic E-state index is -0.0484. The first-order valence-corrected chi connectivity index (χ1v) is 11.3. The summed E-state index contributed by atoms with van der Waals surface area (Å²) in [4.78, 5) is 19.0. The number of benzene rings is 2. The molecule has 0 radical (unpaired) electrons. The number of guanidine groups is 1. The fourth-order valence-corrected chi connectivity index (χ4v) is 3.99. The quantitative estimate of drug-likeness (QED) is 0.235. The van der Waals surface area contributed by atoms with Crippen LogP contribution < -0.4 is 20.7 Å². The van der Waals surface area contributed by atoms with E-state index in [1.54, 1.807) is 14.2 Å². The number of rotatable bonds is 10. The van der Waals surface area contributed by atoms with Gasteiger partial charge in [0.15, 0.2) is 5.96 Å². The van der Waals surface area contributed by atoms with Gasteiger partial charge in [0.05, 0.1) is 19.7 Å². The van der Waals surface area contributed by atoms with Crippen LogP contribution in [0.3, 0.4) is 0 Å². The van der Waals surface area contributed by atoms with E-state index in [2.05, 4.69) is 50.1 Å². The standard InChI is InChI=1S/C25H35N5O2.HI/c1-26-25(29-19-24(31)27-14-13-20-9-4-3-5-10-20)28-18-23(30-15-6-7-16-30)21-11-8-12-22(17-21)32-2;/h3-5,8-12,17,23H,6-7,13-16,18-19H2,1-2H3,(H,27,31)(H2,26,28,29);1H. The second-order valence-electron chi connectivity index (χ2n) is 7.93. The molecule has 180 valence electrons. The molecule has 3 N–H and O–H groups in total. The van der Waals surface area contributed by atoms with Gasteiger partial charge in [-0.1, -0.05) is 42.5 Å². The first kappa shape index (κ1) is 26.9. The van der Waals surface area contributed by atoms with Gasteiger partial charge in [0, 0.05) is 20.1 Å². The predicted molar refractivity (Wildman–Crippen MR) is 144 cm³/mol. The Morgan fingerprint density at radius 3 is 2.52 bits per heavy atom. The van der Waals surface area contributed by atoms with E-state index in [-0.39, 0.29) is 42.5 Å². The number of nitrogens with one attached hydrogen (secondary N) is 3. The topological polar surface area (TPSA) is 78.0 Å². The second-order valence-corrected chi connectivity index (χ2v) is 7.93. The van der Waals surface area contributed by atoms with Crippen molar-refractivity contribution >= 4 is 35.8 Å². The van der Waals surface area contributed by atoms with Crippen molar-refractivity contribution < 1.29 is 9.53 Å². The summed E-state index contributed by atoms with van der Waals surface area (Å²) in [5.74, 6) is 1.43. The molecule has 0 bridgehead atoms. The largest absolute Gasteiger partial charge is 0.497 e. The van der Waals surface area contributed by atoms with E-state index in [4.69, 9.17) is 4.74 Å². The third-order valence-electron chi connectivity index (χ3n) is 5.74. The minimum absolute atomic E-state index is 0. The molecule has 0 aliphatic carbocycles. The molecule has 1 unspecified atom stereocenters. The van der Waals surface area contributed by atoms with E-state index in [9.17, 15) is 4.79 Å². The Labute approximate surface area is 214 Å². The highest BCUT2D eigenvalue weighted by molar-refractivity contribution is 14.0. The van der Waals surface area contributed by atoms with Gasteiger partial charge in [0.25, 0.3) is 0 Å². The molecule has 0 saturated carbocycles. The van der Waals surface area contributed by atoms with Crippen molar-refractivity contribution in [3.05, 3.63) is 65.7 Å². The number of hydrogen-bond acceptors (Lipinski definition) is 4. The number of aliphatic imine (C=N–C) groups is 1. The number of amides is 1. The Morgan fingerprint density at radius 1 is 1.06 bits per heavy atom. The molecule has 0 aromatic heterocycles. The lowest BCUT2D eigenvalue weighted by Crippen LogP contribution is -2.46. The van der Waals surface area contributed by atoms with Crippen LogP contribution in [0.15, 0.2) is 59.6 Å². The molecule has 7 nitrogen and oxygen atoms in total. The Kier molecular flexibility index (Phi) is 12.0. The summed E-state index contributed by atoms with van der Waals surface area (Å²) in [7, 11) is 3.41. The summed E-state index contributed by atoms with van der Waals surface area (Å²) in [6.45, 7) is 3.66. The molecule has 1 aliphatic heterocycles. The summed E-state index contributed by atoms with van der Waals surface area (Å²) in [6, 6.07) is 18.6. The van der Waals surface area contributed by atoms with Gasteiger partial charge in [-0.3, -0.25) is 14.7 Å². The highest BCUT2D eigenvalue weighted by Gasteiger charge is 2.24. The Hall–Kier alpha value is -2.33. The summed E-state index contributed by atoms with van der Waals surface area (Å²) >= 11 is 0. The molecule has 2 aromatic carbocycles. The van der Waals surface area contributed by atoms with Crippen LogP contribution >= 0.6 is 24.0 Å². The molecule has 1 fully saturated rings. The minimum Gasteiger partial charge on any atom is -0.497 e. The number of likely N-dealkylation sites (tertiary alicyclic amines) is 1. The monoisotopic (exact) mass is 565 g/mol. The van der Waals surface area contributed by atoms with Gasteiger partial charge >= 0.3 is 0 Å². The lowest BCUT2D eigenvalue weighted by Gasteiger charge is -2.29. The van der Waals surface area contributed by atoms with E-state index in [0.717, 1.165) is 25.3 Å². The summed E-state index contributed by atoms with van der Waals surface area (Å²) < 4.78 is 5.42. The van der Waals surface area contributed by atoms with Gasteiger partial charge in [-0.15, -0.1) is 24.0 Å². The van der Waals surface area contributed by atoms with E-state index in [1.165, 1.54) is 24.0 Å². The first-order valence-electron chi connectivity index (χ1n) is 11.3. The summed E-state index contributed by atoms with van der Waals surface area (Å²) in [5.41, 5.74) is 2.43. The predicted octanol–water partition coefficient (Wildman–Crippen LogP) is 2.97. The molecule has 1 aliphatic rings. The van der Waals surface area contributed by atoms with Crippen LogP contribution in [-0.4, -0.2) is 63.6 Å². The number of ether oxygens (including phenoxy) is 1. The van der Waals surface area contributed by atoms with E-state index >= 15 is 0 Å². The van der Waals surface area contributed by atoms with Crippen LogP contribution in [0.2, 0.25) is 0 Å². The van der Waals surface area contributed by atoms with Crippen molar-refractivity contribution in [3.8, 4) is 5.75 Å². The fourth-order valence-electron chi connectivity index (χ4n) is 3.99. The van der Waals surface area contributed by atoms with E-state index < -0.39 is 0 Å². The zero-order valence-electron chi connectivity index (χ0n) is 19.5. The van der Waals surface area contributed by atoms with Gasteiger partial charge < -0.3 is 20.7 Å². The van der Waals surface area contributed by atoms with Crippen LogP contribution in [0.25, 0.3) is 0 Å². The van der Waals surface area contributed by atoms with Crippen molar-refractivity contribution in [3.63, 3.8) is 0 Å². The Balaban J connectivity index is 0.00000385. The Bertz CT molecular complexity index is 872. The molecule has 3 rings (SSSR count). The maximum atomic E-state index is 12.2. The number of carbonyl (C=O) groups excluding carboxylic acids is 1. The molecule has 2 aromatic rings. The van der Waals surface area contributed by atoms with E-state index in [0.29, 0.717) is 19.0 Å². The molecular formula is C25H36IN5O2. The van der Waals surface area contributed by atoms with Crippen LogP contribution in [-0.2, 0) is 11.2 Å². The van der Waals surface area contributed by atoms with Gasteiger partial charge in [-0.05, 0) is 55.6 Å². The molecule has 0 spiro atoms. The van der Waals surface area contributed by atoms with Crippen molar-refractivity contribution in [2.75, 3.05) is 46.9 Å². The zero-order chi connectivity index (χ0) is 22.6. The zero-order valence-corrected chi connectivity index (χ0v) is 21.9. The molecule has 1 atom stereocenters. The van der Waals surface area contributed by atoms with Crippen molar-refractivity contribution in [1.29, 1.82) is 0 Å². The van der Waals surface area contributed by atoms with Crippen molar-refractivity contribution in [1.82, 2.24) is 20.9 Å². The third kappa shape index (κ3) is 8.85. The van der Waals surface area contributed by atoms with Gasteiger partial charge in [0.1, 0.15) is 5.75 Å². The van der Waals surface area contributed by atoms with Crippen molar-refractivity contribution in [2.45, 2.75) is 25.3 Å². The maximum Gasteiger partial charge on any atom is 0.239 e. The summed E-state index contributed by atoms with van der Waals surface area (Å²) in [6.07, 6.45) is 3.25. The number of hydrogen-bond donors (Lipinski definition) is 3. The molecular weight excluding hydrogens is 529 g/mol. The number of methoxy groups -OCH3 is 1. The first-order chi connectivity index (χ1) is 15.7. The normalized spacial score (nSPS) is 14.8. The highest BCUT2D eigenvalue weighted by atomic mass is 127. The van der Waals surface area contributed by atoms with E-state index in [1.807, 2.05) is 30.3 Å². The summed E-state index contributed by atoms with van der Waals surface area (Å²) in [5, 5.41) is 9.47. The van der Waals surface area contributed by atoms with Crippen LogP contribution in [0.5, 0.6) is 5.75 Å². The number of nitrogens with zero attached hydrogens (tertiary/aromatic N) is 2. The van der Waals surface area contributed by atoms with Crippen LogP contribution in [0.1, 0.15) is 30.0 Å². The molecule has 33 heavy (non-hydrogen) atoms. The smallest absolute Gasteiger partial charge is 0.239 e. The Morgan fingerprint density at radius 2 is 1.82 bits per heavy atom. The second kappa shape index (κ2) is 14.7. The highest BCUT2D eigenvalue weighted by Crippen LogP contribution is 2.27. The fraction of sp³-hybridized carbons (Fsp3) is 0.440. The van der Waals surface area contributed by atoms with Crippen molar-refractivity contribution in [2.24, 2.45) is 4.99 Å². The lowest BCUT2D eigenvalue weighted by atomic mass is 10.1. The van der Waals surface area contributed by atoms with Gasteiger partial charge in [0.2, 0.25) is 5.91 Å². The van der Waals surface area contributed by atoms with Gasteiger partial charge in [-0.2, -0.15) is 0 Å². The number of halogens is 1. The molecule has 1 saturated heterocycles. The van der Waals surface area contributed by atoms with Crippen LogP contribution in [0, 0.1) is 0 Å². The van der Waals surface area contributed by atoms with Gasteiger partial charge in [-0.25, -0.2) is 0 Å². The molecule has 1 amide bonds. The maximum absolute atomic E-state index is 12.2. The average molecular weight is 566 g/mol. The lowest BCUT2D eigenvalue weighted by molar-refractivity contribution is -0.119. The molecule has 1 heterocycles. The SMILES string of the molecule is CN=C(NCC(=O)NCCc1ccccc1)NCC(c1cccc(OC)c1)N1CCCC1.I. The molecule has 8 heteroatoms. The third-order valence-corrected chi connectivity index (χ3v) is 5.74. The average Bonchev–Trinajstić information content (AvgIpc) is 3.36. The number of carbonyl (C=O) groups is 1.